The van der Waals surface area contributed by atoms with Crippen molar-refractivity contribution in [2.24, 2.45) is 5.92 Å². The molecule has 0 bridgehead atoms. The lowest BCUT2D eigenvalue weighted by Gasteiger charge is -2.25. The molecule has 1 aromatic rings. The van der Waals surface area contributed by atoms with Crippen molar-refractivity contribution < 1.29 is 18.3 Å². The molecule has 2 rings (SSSR count). The Bertz CT molecular complexity index is 674. The average molecular weight is 295 g/mol. The summed E-state index contributed by atoms with van der Waals surface area (Å²) in [6, 6.07) is 4.27. The van der Waals surface area contributed by atoms with Gasteiger partial charge in [0.15, 0.2) is 0 Å². The van der Waals surface area contributed by atoms with Crippen molar-refractivity contribution in [3.05, 3.63) is 24.0 Å². The summed E-state index contributed by atoms with van der Waals surface area (Å²) in [6.07, 6.45) is 2.39. The van der Waals surface area contributed by atoms with E-state index in [-0.39, 0.29) is 16.5 Å². The Morgan fingerprint density at radius 3 is 2.60 bits per heavy atom. The van der Waals surface area contributed by atoms with Crippen LogP contribution in [0.1, 0.15) is 25.5 Å². The number of aromatic nitrogens is 1. The fraction of sp³-hybridized carbons (Fsp3) is 0.417. The van der Waals surface area contributed by atoms with Crippen LogP contribution in [-0.2, 0) is 14.8 Å². The van der Waals surface area contributed by atoms with Crippen molar-refractivity contribution >= 4 is 16.0 Å². The predicted octanol–water partition coefficient (Wildman–Crippen LogP) is 0.485. The van der Waals surface area contributed by atoms with Crippen LogP contribution in [0.15, 0.2) is 23.2 Å². The van der Waals surface area contributed by atoms with Gasteiger partial charge in [-0.15, -0.1) is 0 Å². The summed E-state index contributed by atoms with van der Waals surface area (Å²) in [6.45, 7) is 1.36. The first-order chi connectivity index (χ1) is 9.29. The zero-order valence-corrected chi connectivity index (χ0v) is 11.5. The zero-order chi connectivity index (χ0) is 15.0. The number of pyridine rings is 1. The monoisotopic (exact) mass is 295 g/mol. The molecule has 0 amide bonds. The molecule has 1 unspecified atom stereocenters. The lowest BCUT2D eigenvalue weighted by Crippen LogP contribution is -2.53. The van der Waals surface area contributed by atoms with Crippen molar-refractivity contribution in [3.63, 3.8) is 0 Å². The summed E-state index contributed by atoms with van der Waals surface area (Å²) >= 11 is 0. The fourth-order valence-electron chi connectivity index (χ4n) is 1.91. The molecule has 0 spiro atoms. The number of hydrogen-bond acceptors (Lipinski definition) is 5. The Kier molecular flexibility index (Phi) is 3.50. The van der Waals surface area contributed by atoms with Crippen molar-refractivity contribution in [3.8, 4) is 6.07 Å². The number of rotatable bonds is 5. The molecular formula is C12H13N3O4S. The van der Waals surface area contributed by atoms with Gasteiger partial charge < -0.3 is 5.11 Å². The number of nitrogens with one attached hydrogen (secondary N) is 1. The maximum absolute atomic E-state index is 12.2. The number of nitriles is 1. The van der Waals surface area contributed by atoms with Crippen LogP contribution in [0.5, 0.6) is 0 Å². The summed E-state index contributed by atoms with van der Waals surface area (Å²) in [5, 5.41) is 17.9. The van der Waals surface area contributed by atoms with Gasteiger partial charge in [0.2, 0.25) is 10.0 Å². The van der Waals surface area contributed by atoms with E-state index in [0.717, 1.165) is 6.20 Å². The molecule has 8 heteroatoms. The highest BCUT2D eigenvalue weighted by Gasteiger charge is 2.50. The quantitative estimate of drug-likeness (QED) is 0.815. The predicted molar refractivity (Wildman–Crippen MR) is 68.0 cm³/mol. The smallest absolute Gasteiger partial charge is 0.324 e. The molecule has 1 aliphatic carbocycles. The van der Waals surface area contributed by atoms with E-state index in [1.165, 1.54) is 19.1 Å². The van der Waals surface area contributed by atoms with Gasteiger partial charge in [-0.1, -0.05) is 0 Å². The van der Waals surface area contributed by atoms with Gasteiger partial charge in [0, 0.05) is 6.20 Å². The molecule has 7 nitrogen and oxygen atoms in total. The Hall–Kier alpha value is -1.98. The summed E-state index contributed by atoms with van der Waals surface area (Å²) in [5.74, 6) is -1.41. The SMILES string of the molecule is CC(NS(=O)(=O)c1ccc(C#N)nc1)(C(=O)O)C1CC1. The number of hydrogen-bond donors (Lipinski definition) is 2. The van der Waals surface area contributed by atoms with E-state index in [4.69, 9.17) is 5.26 Å². The van der Waals surface area contributed by atoms with Crippen LogP contribution in [0.3, 0.4) is 0 Å². The average Bonchev–Trinajstić information content (AvgIpc) is 3.22. The van der Waals surface area contributed by atoms with Crippen molar-refractivity contribution in [2.75, 3.05) is 0 Å². The van der Waals surface area contributed by atoms with Crippen LogP contribution in [-0.4, -0.2) is 30.0 Å². The summed E-state index contributed by atoms with van der Waals surface area (Å²) in [4.78, 5) is 14.8. The number of aliphatic carboxylic acids is 1. The lowest BCUT2D eigenvalue weighted by molar-refractivity contribution is -0.144. The van der Waals surface area contributed by atoms with Gasteiger partial charge >= 0.3 is 5.97 Å². The molecule has 106 valence electrons. The van der Waals surface area contributed by atoms with E-state index in [9.17, 15) is 18.3 Å². The van der Waals surface area contributed by atoms with E-state index in [1.807, 2.05) is 0 Å². The first-order valence-electron chi connectivity index (χ1n) is 5.93. The zero-order valence-electron chi connectivity index (χ0n) is 10.7. The molecular weight excluding hydrogens is 282 g/mol. The second-order valence-electron chi connectivity index (χ2n) is 4.88. The molecule has 1 saturated carbocycles. The van der Waals surface area contributed by atoms with E-state index >= 15 is 0 Å². The first kappa shape index (κ1) is 14.4. The normalized spacial score (nSPS) is 18.0. The van der Waals surface area contributed by atoms with E-state index in [2.05, 4.69) is 9.71 Å². The Balaban J connectivity index is 2.30. The molecule has 0 radical (unpaired) electrons. The topological polar surface area (TPSA) is 120 Å². The van der Waals surface area contributed by atoms with Gasteiger partial charge in [0.05, 0.1) is 0 Å². The van der Waals surface area contributed by atoms with Gasteiger partial charge in [0.1, 0.15) is 22.2 Å². The Labute approximate surface area is 116 Å². The summed E-state index contributed by atoms with van der Waals surface area (Å²) < 4.78 is 26.6. The van der Waals surface area contributed by atoms with Crippen molar-refractivity contribution in [2.45, 2.75) is 30.2 Å². The van der Waals surface area contributed by atoms with Crippen LogP contribution < -0.4 is 4.72 Å². The number of carbonyl (C=O) groups is 1. The maximum Gasteiger partial charge on any atom is 0.324 e. The second-order valence-corrected chi connectivity index (χ2v) is 6.56. The van der Waals surface area contributed by atoms with Gasteiger partial charge in [0.25, 0.3) is 0 Å². The van der Waals surface area contributed by atoms with Crippen molar-refractivity contribution in [1.29, 1.82) is 5.26 Å². The molecule has 1 aromatic heterocycles. The van der Waals surface area contributed by atoms with Crippen LogP contribution in [0.25, 0.3) is 0 Å². The minimum absolute atomic E-state index is 0.0899. The van der Waals surface area contributed by atoms with Crippen LogP contribution in [0.4, 0.5) is 0 Å². The van der Waals surface area contributed by atoms with Crippen LogP contribution in [0, 0.1) is 17.2 Å². The third-order valence-electron chi connectivity index (χ3n) is 3.35. The minimum Gasteiger partial charge on any atom is -0.480 e. The molecule has 1 fully saturated rings. The highest BCUT2D eigenvalue weighted by atomic mass is 32.2. The van der Waals surface area contributed by atoms with E-state index < -0.39 is 21.5 Å². The maximum atomic E-state index is 12.2. The number of sulfonamides is 1. The first-order valence-corrected chi connectivity index (χ1v) is 7.41. The largest absolute Gasteiger partial charge is 0.480 e. The molecule has 0 aromatic carbocycles. The number of nitrogens with zero attached hydrogens (tertiary/aromatic N) is 2. The van der Waals surface area contributed by atoms with E-state index in [1.54, 1.807) is 6.07 Å². The molecule has 20 heavy (non-hydrogen) atoms. The highest BCUT2D eigenvalue weighted by molar-refractivity contribution is 7.89. The number of carboxylic acids is 1. The number of carboxylic acid groups (broad SMARTS) is 1. The summed E-state index contributed by atoms with van der Waals surface area (Å²) in [5.41, 5.74) is -1.43. The fourth-order valence-corrected chi connectivity index (χ4v) is 3.27. The van der Waals surface area contributed by atoms with Gasteiger partial charge in [-0.3, -0.25) is 4.79 Å². The highest BCUT2D eigenvalue weighted by Crippen LogP contribution is 2.40. The lowest BCUT2D eigenvalue weighted by atomic mass is 9.98. The van der Waals surface area contributed by atoms with Crippen LogP contribution in [0.2, 0.25) is 0 Å². The summed E-state index contributed by atoms with van der Waals surface area (Å²) in [7, 11) is -4.00. The Morgan fingerprint density at radius 2 is 2.20 bits per heavy atom. The third kappa shape index (κ3) is 2.64. The Morgan fingerprint density at radius 1 is 1.55 bits per heavy atom. The third-order valence-corrected chi connectivity index (χ3v) is 4.90. The molecule has 0 aliphatic heterocycles. The van der Waals surface area contributed by atoms with Gasteiger partial charge in [-0.25, -0.2) is 13.4 Å². The van der Waals surface area contributed by atoms with Crippen molar-refractivity contribution in [1.82, 2.24) is 9.71 Å². The van der Waals surface area contributed by atoms with Gasteiger partial charge in [-0.2, -0.15) is 9.98 Å². The standard InChI is InChI=1S/C12H13N3O4S/c1-12(11(16)17,8-2-3-8)15-20(18,19)10-5-4-9(6-13)14-7-10/h4-5,7-8,15H,2-3H2,1H3,(H,16,17). The molecule has 0 saturated heterocycles. The van der Waals surface area contributed by atoms with Crippen LogP contribution >= 0.6 is 0 Å². The molecule has 2 N–H and O–H groups in total. The van der Waals surface area contributed by atoms with Gasteiger partial charge in [-0.05, 0) is 37.8 Å². The van der Waals surface area contributed by atoms with E-state index in [0.29, 0.717) is 12.8 Å². The second kappa shape index (κ2) is 4.85. The molecule has 1 heterocycles. The molecule has 1 aliphatic rings. The molecule has 1 atom stereocenters. The minimum atomic E-state index is -4.00.